The number of aromatic hydroxyl groups is 1. The largest absolute Gasteiger partial charge is 0.507 e. The molecule has 4 aromatic rings. The smallest absolute Gasteiger partial charge is 0.262 e. The molecule has 6 heterocycles. The van der Waals surface area contributed by atoms with Crippen molar-refractivity contribution in [2.45, 2.75) is 50.0 Å². The zero-order valence-electron chi connectivity index (χ0n) is 32.8. The maximum Gasteiger partial charge on any atom is 0.262 e. The number of imide groups is 2. The lowest BCUT2D eigenvalue weighted by Gasteiger charge is -2.56. The molecule has 1 unspecified atom stereocenters. The van der Waals surface area contributed by atoms with Crippen LogP contribution in [-0.4, -0.2) is 117 Å². The molecule has 4 N–H and O–H groups in total. The van der Waals surface area contributed by atoms with Crippen LogP contribution in [0.1, 0.15) is 64.8 Å². The third-order valence-corrected chi connectivity index (χ3v) is 13.0. The summed E-state index contributed by atoms with van der Waals surface area (Å²) in [4.78, 5) is 84.9. The van der Waals surface area contributed by atoms with Gasteiger partial charge in [-0.05, 0) is 74.1 Å². The summed E-state index contributed by atoms with van der Waals surface area (Å²) in [7, 11) is 0. The van der Waals surface area contributed by atoms with Gasteiger partial charge in [-0.15, -0.1) is 10.2 Å². The topological polar surface area (TPSA) is 209 Å². The van der Waals surface area contributed by atoms with E-state index < -0.39 is 35.1 Å². The molecule has 4 saturated heterocycles. The first kappa shape index (κ1) is 38.7. The molecule has 4 fully saturated rings. The number of para-hydroxylation sites is 1. The normalized spacial score (nSPS) is 20.8. The van der Waals surface area contributed by atoms with E-state index in [4.69, 9.17) is 10.5 Å². The number of fused-ring (bicyclic) bond motifs is 1. The van der Waals surface area contributed by atoms with Gasteiger partial charge in [0.15, 0.2) is 12.4 Å². The fraction of sp³-hybridized carbons (Fsp3) is 0.364. The van der Waals surface area contributed by atoms with E-state index in [9.17, 15) is 33.9 Å². The Morgan fingerprint density at radius 1 is 0.800 bits per heavy atom. The Kier molecular flexibility index (Phi) is 9.72. The van der Waals surface area contributed by atoms with Crippen molar-refractivity contribution < 1.29 is 38.6 Å². The summed E-state index contributed by atoms with van der Waals surface area (Å²) in [6.45, 7) is 3.14. The third kappa shape index (κ3) is 6.74. The molecule has 1 aromatic heterocycles. The fourth-order valence-corrected chi connectivity index (χ4v) is 9.51. The number of phenols is 1. The van der Waals surface area contributed by atoms with Crippen molar-refractivity contribution in [3.63, 3.8) is 0 Å². The number of carbonyl (C=O) groups is 6. The number of phenolic OH excluding ortho intramolecular Hbond substituents is 1. The Hall–Kier alpha value is -6.84. The fourth-order valence-electron chi connectivity index (χ4n) is 9.51. The van der Waals surface area contributed by atoms with Crippen molar-refractivity contribution in [3.05, 3.63) is 95.6 Å². The minimum Gasteiger partial charge on any atom is -0.507 e. The highest BCUT2D eigenvalue weighted by Gasteiger charge is 2.53. The zero-order chi connectivity index (χ0) is 41.8. The maximum atomic E-state index is 14.6. The predicted molar refractivity (Wildman–Crippen MR) is 217 cm³/mol. The Morgan fingerprint density at radius 3 is 2.22 bits per heavy atom. The maximum absolute atomic E-state index is 14.6. The van der Waals surface area contributed by atoms with Gasteiger partial charge in [0.25, 0.3) is 17.7 Å². The van der Waals surface area contributed by atoms with Crippen molar-refractivity contribution in [3.8, 4) is 22.8 Å². The van der Waals surface area contributed by atoms with Gasteiger partial charge >= 0.3 is 0 Å². The zero-order valence-corrected chi connectivity index (χ0v) is 32.8. The number of anilines is 2. The lowest BCUT2D eigenvalue weighted by molar-refractivity contribution is -0.156. The van der Waals surface area contributed by atoms with Gasteiger partial charge in [-0.25, -0.2) is 0 Å². The Bertz CT molecular complexity index is 2420. The van der Waals surface area contributed by atoms with Gasteiger partial charge in [0.05, 0.1) is 27.9 Å². The number of amides is 6. The average molecular weight is 813 g/mol. The molecule has 0 aliphatic carbocycles. The molecule has 9 rings (SSSR count). The Labute approximate surface area is 345 Å². The number of piperidine rings is 3. The second kappa shape index (κ2) is 15.1. The summed E-state index contributed by atoms with van der Waals surface area (Å²) >= 11 is 0. The summed E-state index contributed by atoms with van der Waals surface area (Å²) in [5, 5.41) is 21.1. The number of hydrogen-bond donors (Lipinski definition) is 3. The van der Waals surface area contributed by atoms with Crippen LogP contribution in [0, 0.1) is 5.41 Å². The number of carbonyl (C=O) groups excluding carboxylic acids is 6. The van der Waals surface area contributed by atoms with Crippen LogP contribution < -0.4 is 20.7 Å². The molecule has 0 radical (unpaired) electrons. The quantitative estimate of drug-likeness (QED) is 0.220. The van der Waals surface area contributed by atoms with Crippen LogP contribution in [0.3, 0.4) is 0 Å². The minimum atomic E-state index is -1.07. The van der Waals surface area contributed by atoms with Crippen molar-refractivity contribution in [2.75, 3.05) is 56.5 Å². The van der Waals surface area contributed by atoms with Gasteiger partial charge in [0.1, 0.15) is 17.5 Å². The summed E-state index contributed by atoms with van der Waals surface area (Å²) in [6, 6.07) is 22.0. The lowest BCUT2D eigenvalue weighted by Crippen LogP contribution is -2.66. The van der Waals surface area contributed by atoms with Gasteiger partial charge in [-0.3, -0.25) is 39.0 Å². The van der Waals surface area contributed by atoms with E-state index in [-0.39, 0.29) is 65.1 Å². The number of ether oxygens (including phenoxy) is 1. The van der Waals surface area contributed by atoms with Crippen molar-refractivity contribution in [1.82, 2.24) is 30.2 Å². The molecule has 60 heavy (non-hydrogen) atoms. The molecule has 16 heteroatoms. The van der Waals surface area contributed by atoms with Crippen LogP contribution in [-0.2, 0) is 24.6 Å². The van der Waals surface area contributed by atoms with E-state index in [0.717, 1.165) is 23.3 Å². The highest BCUT2D eigenvalue weighted by molar-refractivity contribution is 6.23. The average Bonchev–Trinajstić information content (AvgIpc) is 3.50. The number of likely N-dealkylation sites (tertiary alicyclic amines) is 2. The van der Waals surface area contributed by atoms with Crippen molar-refractivity contribution >= 4 is 46.9 Å². The molecule has 0 bridgehead atoms. The number of nitrogen functional groups attached to an aromatic ring is 1. The number of aromatic nitrogens is 2. The van der Waals surface area contributed by atoms with E-state index >= 15 is 0 Å². The number of nitrogens with two attached hydrogens (primary N) is 1. The van der Waals surface area contributed by atoms with Crippen LogP contribution >= 0.6 is 0 Å². The summed E-state index contributed by atoms with van der Waals surface area (Å²) in [6.07, 6.45) is 2.71. The third-order valence-electron chi connectivity index (χ3n) is 13.0. The second-order valence-electron chi connectivity index (χ2n) is 16.4. The van der Waals surface area contributed by atoms with E-state index in [1.54, 1.807) is 23.1 Å². The molecular weight excluding hydrogens is 769 g/mol. The SMILES string of the molecule is Nc1nnc(-c2ccccc2O)cc1N1CCC(C(=O)N2CC3(CCN(C(=O)COc4ccc5c(c4)C(=O)N(C4CCC(=O)NC4=O)C5=O)CC3)C2)(c2ccccc2)CC1. The number of nitrogens with zero attached hydrogens (tertiary/aromatic N) is 6. The van der Waals surface area contributed by atoms with Crippen LogP contribution in [0.4, 0.5) is 11.5 Å². The molecule has 16 nitrogen and oxygen atoms in total. The first-order valence-electron chi connectivity index (χ1n) is 20.2. The molecule has 6 amide bonds. The number of nitrogens with one attached hydrogen (secondary N) is 1. The van der Waals surface area contributed by atoms with Gasteiger partial charge in [0, 0.05) is 56.7 Å². The standard InChI is InChI=1S/C44H44N8O8/c45-38-34(23-32(47-48-38)30-8-4-5-9-35(30)53)49-20-16-44(17-21-49,27-6-2-1-3-7-27)42(59)51-25-43(26-51)14-18-50(19-15-43)37(55)24-60-28-10-11-29-31(22-28)41(58)52(40(29)57)33-12-13-36(54)46-39(33)56/h1-11,22-23,33,53H,12-21,24-26H2,(H2,45,48)(H,46,54,56). The minimum absolute atomic E-state index is 0.0247. The molecular formula is C44H44N8O8. The van der Waals surface area contributed by atoms with E-state index in [1.165, 1.54) is 18.2 Å². The highest BCUT2D eigenvalue weighted by Crippen LogP contribution is 2.46. The van der Waals surface area contributed by atoms with E-state index in [1.807, 2.05) is 47.4 Å². The predicted octanol–water partition coefficient (Wildman–Crippen LogP) is 2.90. The van der Waals surface area contributed by atoms with Gasteiger partial charge in [0.2, 0.25) is 17.7 Å². The Balaban J connectivity index is 0.801. The molecule has 3 aromatic carbocycles. The summed E-state index contributed by atoms with van der Waals surface area (Å²) in [5.74, 6) is -1.88. The molecule has 5 aliphatic heterocycles. The first-order chi connectivity index (χ1) is 28.9. The number of hydrogen-bond acceptors (Lipinski definition) is 12. The second-order valence-corrected chi connectivity index (χ2v) is 16.4. The molecule has 5 aliphatic rings. The van der Waals surface area contributed by atoms with Crippen molar-refractivity contribution in [1.29, 1.82) is 0 Å². The van der Waals surface area contributed by atoms with Crippen LogP contribution in [0.25, 0.3) is 11.3 Å². The summed E-state index contributed by atoms with van der Waals surface area (Å²) in [5.41, 5.74) is 8.51. The van der Waals surface area contributed by atoms with E-state index in [2.05, 4.69) is 20.4 Å². The molecule has 1 atom stereocenters. The van der Waals surface area contributed by atoms with Gasteiger partial charge < -0.3 is 30.3 Å². The lowest BCUT2D eigenvalue weighted by atomic mass is 9.67. The Morgan fingerprint density at radius 2 is 1.50 bits per heavy atom. The van der Waals surface area contributed by atoms with Gasteiger partial charge in [-0.1, -0.05) is 42.5 Å². The summed E-state index contributed by atoms with van der Waals surface area (Å²) < 4.78 is 5.80. The number of rotatable bonds is 8. The van der Waals surface area contributed by atoms with Gasteiger partial charge in [-0.2, -0.15) is 0 Å². The van der Waals surface area contributed by atoms with Crippen LogP contribution in [0.2, 0.25) is 0 Å². The van der Waals surface area contributed by atoms with Crippen LogP contribution in [0.5, 0.6) is 11.5 Å². The number of benzene rings is 3. The highest BCUT2D eigenvalue weighted by atomic mass is 16.5. The van der Waals surface area contributed by atoms with E-state index in [0.29, 0.717) is 69.1 Å². The molecule has 1 spiro atoms. The molecule has 308 valence electrons. The monoisotopic (exact) mass is 812 g/mol. The van der Waals surface area contributed by atoms with Crippen LogP contribution in [0.15, 0.2) is 78.9 Å². The van der Waals surface area contributed by atoms with Crippen molar-refractivity contribution in [2.24, 2.45) is 5.41 Å². The molecule has 0 saturated carbocycles. The first-order valence-corrected chi connectivity index (χ1v) is 20.2.